The first kappa shape index (κ1) is 23.9. The smallest absolute Gasteiger partial charge is 0.298 e. The van der Waals surface area contributed by atoms with Gasteiger partial charge in [-0.1, -0.05) is 57.9 Å². The van der Waals surface area contributed by atoms with Gasteiger partial charge in [-0.25, -0.2) is 4.90 Å². The van der Waals surface area contributed by atoms with Crippen molar-refractivity contribution in [1.29, 1.82) is 0 Å². The zero-order chi connectivity index (χ0) is 24.2. The van der Waals surface area contributed by atoms with Crippen LogP contribution in [0.15, 0.2) is 70.0 Å². The van der Waals surface area contributed by atoms with Crippen molar-refractivity contribution in [2.24, 2.45) is 0 Å². The SMILES string of the molecule is COc1cc(/C=C2\SC(=O)N(c3ccccc3OC)C2=O)c(Br)cc1OCc1ccc(C)cc1. The Labute approximate surface area is 210 Å². The number of thioether (sulfide) groups is 1. The van der Waals surface area contributed by atoms with Gasteiger partial charge in [0.05, 0.1) is 24.8 Å². The number of carbonyl (C=O) groups excluding carboxylic acids is 2. The van der Waals surface area contributed by atoms with Crippen molar-refractivity contribution in [1.82, 2.24) is 0 Å². The summed E-state index contributed by atoms with van der Waals surface area (Å²) < 4.78 is 17.5. The van der Waals surface area contributed by atoms with Crippen molar-refractivity contribution in [3.8, 4) is 17.2 Å². The number of carbonyl (C=O) groups is 2. The van der Waals surface area contributed by atoms with Gasteiger partial charge in [0.15, 0.2) is 11.5 Å². The highest BCUT2D eigenvalue weighted by atomic mass is 79.9. The van der Waals surface area contributed by atoms with Crippen LogP contribution in [0.2, 0.25) is 0 Å². The predicted molar refractivity (Wildman–Crippen MR) is 138 cm³/mol. The van der Waals surface area contributed by atoms with Gasteiger partial charge < -0.3 is 14.2 Å². The normalized spacial score (nSPS) is 14.6. The van der Waals surface area contributed by atoms with Crippen LogP contribution in [-0.2, 0) is 11.4 Å². The fourth-order valence-electron chi connectivity index (χ4n) is 3.41. The molecule has 0 bridgehead atoms. The molecule has 3 aromatic rings. The summed E-state index contributed by atoms with van der Waals surface area (Å²) in [5, 5.41) is -0.387. The molecule has 1 saturated heterocycles. The van der Waals surface area contributed by atoms with E-state index in [4.69, 9.17) is 14.2 Å². The maximum Gasteiger partial charge on any atom is 0.298 e. The summed E-state index contributed by atoms with van der Waals surface area (Å²) in [5.41, 5.74) is 3.32. The summed E-state index contributed by atoms with van der Waals surface area (Å²) in [4.78, 5) is 27.2. The molecule has 0 unspecified atom stereocenters. The number of nitrogens with zero attached hydrogens (tertiary/aromatic N) is 1. The highest BCUT2D eigenvalue weighted by molar-refractivity contribution is 9.10. The fraction of sp³-hybridized carbons (Fsp3) is 0.154. The predicted octanol–water partition coefficient (Wildman–Crippen LogP) is 6.59. The van der Waals surface area contributed by atoms with Crippen LogP contribution in [0.3, 0.4) is 0 Å². The number of ether oxygens (including phenoxy) is 3. The van der Waals surface area contributed by atoms with E-state index in [-0.39, 0.29) is 5.24 Å². The van der Waals surface area contributed by atoms with Crippen LogP contribution in [0, 0.1) is 6.92 Å². The van der Waals surface area contributed by atoms with E-state index in [0.29, 0.717) is 44.5 Å². The molecule has 0 saturated carbocycles. The van der Waals surface area contributed by atoms with E-state index in [1.165, 1.54) is 12.7 Å². The Morgan fingerprint density at radius 1 is 0.941 bits per heavy atom. The van der Waals surface area contributed by atoms with E-state index < -0.39 is 5.91 Å². The number of aryl methyl sites for hydroxylation is 1. The first-order valence-electron chi connectivity index (χ1n) is 10.4. The maximum atomic E-state index is 13.1. The molecule has 1 aliphatic rings. The summed E-state index contributed by atoms with van der Waals surface area (Å²) >= 11 is 4.43. The standard InChI is InChI=1S/C26H22BrNO5S/c1-16-8-10-17(11-9-16)15-33-23-14-19(27)18(12-22(23)32-3)13-24-25(29)28(26(30)34-24)20-6-4-5-7-21(20)31-2/h4-14H,15H2,1-3H3/b24-13-. The molecule has 0 aliphatic carbocycles. The van der Waals surface area contributed by atoms with Crippen molar-refractivity contribution in [3.63, 3.8) is 0 Å². The number of amides is 2. The minimum Gasteiger partial charge on any atom is -0.495 e. The Balaban J connectivity index is 1.59. The van der Waals surface area contributed by atoms with Gasteiger partial charge in [-0.05, 0) is 60.2 Å². The van der Waals surface area contributed by atoms with Crippen molar-refractivity contribution in [2.45, 2.75) is 13.5 Å². The maximum absolute atomic E-state index is 13.1. The number of methoxy groups -OCH3 is 2. The Hall–Kier alpha value is -3.23. The molecule has 0 radical (unpaired) electrons. The number of benzene rings is 3. The summed E-state index contributed by atoms with van der Waals surface area (Å²) in [6, 6.07) is 18.6. The van der Waals surface area contributed by atoms with E-state index >= 15 is 0 Å². The number of hydrogen-bond acceptors (Lipinski definition) is 6. The van der Waals surface area contributed by atoms with Gasteiger partial charge in [-0.3, -0.25) is 9.59 Å². The van der Waals surface area contributed by atoms with E-state index in [1.54, 1.807) is 49.6 Å². The lowest BCUT2D eigenvalue weighted by Gasteiger charge is -2.15. The molecule has 174 valence electrons. The third-order valence-corrected chi connectivity index (χ3v) is 6.76. The summed E-state index contributed by atoms with van der Waals surface area (Å²) in [6.45, 7) is 2.43. The van der Waals surface area contributed by atoms with Crippen molar-refractivity contribution in [2.75, 3.05) is 19.1 Å². The van der Waals surface area contributed by atoms with Gasteiger partial charge in [0.25, 0.3) is 11.1 Å². The van der Waals surface area contributed by atoms with Gasteiger partial charge in [-0.15, -0.1) is 0 Å². The third kappa shape index (κ3) is 4.98. The third-order valence-electron chi connectivity index (χ3n) is 5.20. The Morgan fingerprint density at radius 2 is 1.65 bits per heavy atom. The number of anilines is 1. The first-order valence-corrected chi connectivity index (χ1v) is 12.0. The minimum absolute atomic E-state index is 0.298. The van der Waals surface area contributed by atoms with Crippen molar-refractivity contribution < 1.29 is 23.8 Å². The zero-order valence-corrected chi connectivity index (χ0v) is 21.2. The van der Waals surface area contributed by atoms with E-state index in [1.807, 2.05) is 31.2 Å². The number of imide groups is 1. The molecule has 1 fully saturated rings. The molecule has 0 N–H and O–H groups in total. The van der Waals surface area contributed by atoms with Gasteiger partial charge in [-0.2, -0.15) is 0 Å². The van der Waals surface area contributed by atoms with Crippen LogP contribution in [0.4, 0.5) is 10.5 Å². The van der Waals surface area contributed by atoms with Gasteiger partial charge >= 0.3 is 0 Å². The molecular formula is C26H22BrNO5S. The largest absolute Gasteiger partial charge is 0.495 e. The van der Waals surface area contributed by atoms with Gasteiger partial charge in [0.2, 0.25) is 0 Å². The zero-order valence-electron chi connectivity index (χ0n) is 18.8. The molecule has 6 nitrogen and oxygen atoms in total. The lowest BCUT2D eigenvalue weighted by atomic mass is 10.1. The lowest BCUT2D eigenvalue weighted by Crippen LogP contribution is -2.28. The summed E-state index contributed by atoms with van der Waals surface area (Å²) in [6.07, 6.45) is 1.66. The molecule has 4 rings (SSSR count). The fourth-order valence-corrected chi connectivity index (χ4v) is 4.67. The van der Waals surface area contributed by atoms with Gasteiger partial charge in [0, 0.05) is 4.47 Å². The van der Waals surface area contributed by atoms with E-state index in [2.05, 4.69) is 15.9 Å². The number of rotatable bonds is 7. The van der Waals surface area contributed by atoms with E-state index in [0.717, 1.165) is 22.2 Å². The van der Waals surface area contributed by atoms with Gasteiger partial charge in [0.1, 0.15) is 12.4 Å². The number of halogens is 1. The average Bonchev–Trinajstić information content (AvgIpc) is 3.12. The summed E-state index contributed by atoms with van der Waals surface area (Å²) in [5.74, 6) is 1.12. The van der Waals surface area contributed by atoms with Crippen LogP contribution in [-0.4, -0.2) is 25.4 Å². The molecule has 8 heteroatoms. The molecule has 0 aromatic heterocycles. The van der Waals surface area contributed by atoms with Crippen LogP contribution in [0.5, 0.6) is 17.2 Å². The molecule has 0 spiro atoms. The number of hydrogen-bond donors (Lipinski definition) is 0. The monoisotopic (exact) mass is 539 g/mol. The Bertz CT molecular complexity index is 1270. The molecule has 0 atom stereocenters. The minimum atomic E-state index is -0.412. The topological polar surface area (TPSA) is 65.1 Å². The Kier molecular flexibility index (Phi) is 7.29. The highest BCUT2D eigenvalue weighted by Gasteiger charge is 2.37. The second-order valence-corrected chi connectivity index (χ2v) is 9.34. The van der Waals surface area contributed by atoms with Crippen molar-refractivity contribution in [3.05, 3.63) is 86.7 Å². The van der Waals surface area contributed by atoms with Crippen LogP contribution >= 0.6 is 27.7 Å². The molecule has 2 amide bonds. The van der Waals surface area contributed by atoms with Crippen LogP contribution < -0.4 is 19.1 Å². The highest BCUT2D eigenvalue weighted by Crippen LogP contribution is 2.41. The van der Waals surface area contributed by atoms with E-state index in [9.17, 15) is 9.59 Å². The summed E-state index contributed by atoms with van der Waals surface area (Å²) in [7, 11) is 3.06. The first-order chi connectivity index (χ1) is 16.4. The van der Waals surface area contributed by atoms with Crippen LogP contribution in [0.1, 0.15) is 16.7 Å². The molecular weight excluding hydrogens is 518 g/mol. The molecule has 1 aliphatic heterocycles. The second-order valence-electron chi connectivity index (χ2n) is 7.49. The molecule has 3 aromatic carbocycles. The van der Waals surface area contributed by atoms with Crippen LogP contribution in [0.25, 0.3) is 6.08 Å². The lowest BCUT2D eigenvalue weighted by molar-refractivity contribution is -0.113. The number of para-hydroxylation sites is 2. The molecule has 1 heterocycles. The molecule has 34 heavy (non-hydrogen) atoms. The average molecular weight is 540 g/mol. The second kappa shape index (κ2) is 10.4. The van der Waals surface area contributed by atoms with Crippen molar-refractivity contribution >= 4 is 50.6 Å². The quantitative estimate of drug-likeness (QED) is 0.315. The Morgan fingerprint density at radius 3 is 2.35 bits per heavy atom.